The summed E-state index contributed by atoms with van der Waals surface area (Å²) in [6.45, 7) is 2.37. The van der Waals surface area contributed by atoms with Crippen LogP contribution in [0.25, 0.3) is 0 Å². The zero-order chi connectivity index (χ0) is 14.1. The van der Waals surface area contributed by atoms with E-state index in [2.05, 4.69) is 4.98 Å². The molecule has 0 aromatic carbocycles. The molecule has 2 heterocycles. The molecule has 1 saturated carbocycles. The van der Waals surface area contributed by atoms with Crippen molar-refractivity contribution >= 4 is 17.2 Å². The number of aromatic nitrogens is 1. The number of nitrogens with zero attached hydrogens (tertiary/aromatic N) is 2. The number of carbonyl (C=O) groups excluding carboxylic acids is 1. The summed E-state index contributed by atoms with van der Waals surface area (Å²) >= 11 is 1.44. The minimum Gasteiger partial charge on any atom is -0.467 e. The van der Waals surface area contributed by atoms with Gasteiger partial charge in [-0.15, -0.1) is 11.3 Å². The third kappa shape index (κ3) is 2.76. The zero-order valence-corrected chi connectivity index (χ0v) is 12.1. The molecule has 2 N–H and O–H groups in total. The fourth-order valence-corrected chi connectivity index (χ4v) is 2.82. The summed E-state index contributed by atoms with van der Waals surface area (Å²) in [6, 6.07) is 3.90. The molecule has 1 atom stereocenters. The first-order valence-corrected chi connectivity index (χ1v) is 7.57. The van der Waals surface area contributed by atoms with Crippen LogP contribution in [0.2, 0.25) is 0 Å². The van der Waals surface area contributed by atoms with Crippen LogP contribution in [0, 0.1) is 0 Å². The van der Waals surface area contributed by atoms with Crippen molar-refractivity contribution in [3.63, 3.8) is 0 Å². The van der Waals surface area contributed by atoms with E-state index in [4.69, 9.17) is 10.2 Å². The fourth-order valence-electron chi connectivity index (χ4n) is 2.07. The Morgan fingerprint density at radius 1 is 1.65 bits per heavy atom. The van der Waals surface area contributed by atoms with Crippen LogP contribution >= 0.6 is 11.3 Å². The lowest BCUT2D eigenvalue weighted by atomic mass is 10.3. The summed E-state index contributed by atoms with van der Waals surface area (Å²) < 4.78 is 5.34. The van der Waals surface area contributed by atoms with Gasteiger partial charge < -0.3 is 15.1 Å². The Bertz CT molecular complexity index is 587. The second-order valence-corrected chi connectivity index (χ2v) is 5.99. The molecular weight excluding hydrogens is 274 g/mol. The summed E-state index contributed by atoms with van der Waals surface area (Å²) in [4.78, 5) is 18.8. The summed E-state index contributed by atoms with van der Waals surface area (Å²) in [6.07, 6.45) is 3.73. The number of amides is 1. The molecule has 1 amide bonds. The monoisotopic (exact) mass is 291 g/mol. The van der Waals surface area contributed by atoms with Gasteiger partial charge in [-0.2, -0.15) is 0 Å². The predicted octanol–water partition coefficient (Wildman–Crippen LogP) is 2.56. The van der Waals surface area contributed by atoms with Gasteiger partial charge in [-0.3, -0.25) is 4.79 Å². The zero-order valence-electron chi connectivity index (χ0n) is 11.3. The first kappa shape index (κ1) is 13.3. The van der Waals surface area contributed by atoms with Crippen molar-refractivity contribution in [3.05, 3.63) is 40.2 Å². The van der Waals surface area contributed by atoms with Crippen LogP contribution in [-0.4, -0.2) is 21.8 Å². The third-order valence-corrected chi connectivity index (χ3v) is 4.33. The number of hydrogen-bond donors (Lipinski definition) is 1. The van der Waals surface area contributed by atoms with Crippen molar-refractivity contribution < 1.29 is 9.21 Å². The van der Waals surface area contributed by atoms with Crippen LogP contribution in [0.4, 0.5) is 0 Å². The first-order valence-electron chi connectivity index (χ1n) is 6.69. The van der Waals surface area contributed by atoms with E-state index in [0.717, 1.165) is 23.6 Å². The molecule has 20 heavy (non-hydrogen) atoms. The molecule has 1 fully saturated rings. The summed E-state index contributed by atoms with van der Waals surface area (Å²) in [7, 11) is 0. The summed E-state index contributed by atoms with van der Waals surface area (Å²) in [5.41, 5.74) is 6.28. The fraction of sp³-hybridized carbons (Fsp3) is 0.429. The Hall–Kier alpha value is -1.66. The van der Waals surface area contributed by atoms with Crippen molar-refractivity contribution in [2.45, 2.75) is 38.4 Å². The molecule has 2 aromatic rings. The van der Waals surface area contributed by atoms with E-state index in [0.29, 0.717) is 18.3 Å². The summed E-state index contributed by atoms with van der Waals surface area (Å²) in [5, 5.41) is 2.58. The molecule has 1 unspecified atom stereocenters. The molecule has 0 spiro atoms. The second-order valence-electron chi connectivity index (χ2n) is 5.10. The molecule has 2 aromatic heterocycles. The summed E-state index contributed by atoms with van der Waals surface area (Å²) in [5.74, 6) is 0.764. The van der Waals surface area contributed by atoms with E-state index < -0.39 is 0 Å². The number of thiazole rings is 1. The largest absolute Gasteiger partial charge is 0.467 e. The lowest BCUT2D eigenvalue weighted by molar-refractivity contribution is 0.0712. The van der Waals surface area contributed by atoms with Crippen molar-refractivity contribution in [2.75, 3.05) is 0 Å². The average Bonchev–Trinajstić information content (AvgIpc) is 2.95. The van der Waals surface area contributed by atoms with Gasteiger partial charge in [0.15, 0.2) is 0 Å². The van der Waals surface area contributed by atoms with Gasteiger partial charge in [0.05, 0.1) is 18.8 Å². The van der Waals surface area contributed by atoms with E-state index >= 15 is 0 Å². The SMILES string of the molecule is CC(N)c1nc(C(=O)N(Cc2ccco2)C2CC2)cs1. The van der Waals surface area contributed by atoms with Crippen LogP contribution in [0.1, 0.15) is 47.1 Å². The van der Waals surface area contributed by atoms with Gasteiger partial charge in [0.25, 0.3) is 5.91 Å². The molecule has 0 aliphatic heterocycles. The topological polar surface area (TPSA) is 72.4 Å². The third-order valence-electron chi connectivity index (χ3n) is 3.29. The van der Waals surface area contributed by atoms with Crippen molar-refractivity contribution in [3.8, 4) is 0 Å². The molecule has 0 saturated heterocycles. The number of nitrogens with two attached hydrogens (primary N) is 1. The highest BCUT2D eigenvalue weighted by atomic mass is 32.1. The van der Waals surface area contributed by atoms with E-state index in [-0.39, 0.29) is 11.9 Å². The van der Waals surface area contributed by atoms with Crippen LogP contribution < -0.4 is 5.73 Å². The molecule has 1 aliphatic rings. The van der Waals surface area contributed by atoms with Gasteiger partial charge >= 0.3 is 0 Å². The first-order chi connectivity index (χ1) is 9.65. The highest BCUT2D eigenvalue weighted by Gasteiger charge is 2.34. The highest BCUT2D eigenvalue weighted by Crippen LogP contribution is 2.30. The number of carbonyl (C=O) groups is 1. The van der Waals surface area contributed by atoms with Gasteiger partial charge in [0.1, 0.15) is 16.5 Å². The van der Waals surface area contributed by atoms with E-state index in [1.54, 1.807) is 11.6 Å². The number of hydrogen-bond acceptors (Lipinski definition) is 5. The Labute approximate surface area is 121 Å². The Morgan fingerprint density at radius 3 is 3.00 bits per heavy atom. The van der Waals surface area contributed by atoms with Gasteiger partial charge in [-0.1, -0.05) is 0 Å². The molecule has 0 radical (unpaired) electrons. The maximum atomic E-state index is 12.6. The molecule has 106 valence electrons. The quantitative estimate of drug-likeness (QED) is 0.919. The molecule has 1 aliphatic carbocycles. The Balaban J connectivity index is 1.78. The van der Waals surface area contributed by atoms with Crippen molar-refractivity contribution in [2.24, 2.45) is 5.73 Å². The number of rotatable bonds is 5. The standard InChI is InChI=1S/C14H17N3O2S/c1-9(15)13-16-12(8-20-13)14(18)17(10-4-5-10)7-11-3-2-6-19-11/h2-3,6,8-10H,4-5,7,15H2,1H3. The van der Waals surface area contributed by atoms with Gasteiger partial charge in [-0.25, -0.2) is 4.98 Å². The second kappa shape index (κ2) is 5.38. The van der Waals surface area contributed by atoms with Gasteiger partial charge in [0.2, 0.25) is 0 Å². The molecule has 3 rings (SSSR count). The van der Waals surface area contributed by atoms with Crippen LogP contribution in [-0.2, 0) is 6.54 Å². The van der Waals surface area contributed by atoms with Gasteiger partial charge in [-0.05, 0) is 31.9 Å². The minimum atomic E-state index is -0.138. The molecule has 5 nitrogen and oxygen atoms in total. The normalized spacial score (nSPS) is 16.1. The highest BCUT2D eigenvalue weighted by molar-refractivity contribution is 7.09. The van der Waals surface area contributed by atoms with Crippen LogP contribution in [0.3, 0.4) is 0 Å². The Kier molecular flexibility index (Phi) is 3.58. The molecular formula is C14H17N3O2S. The van der Waals surface area contributed by atoms with E-state index in [9.17, 15) is 4.79 Å². The maximum Gasteiger partial charge on any atom is 0.273 e. The smallest absolute Gasteiger partial charge is 0.273 e. The Morgan fingerprint density at radius 2 is 2.45 bits per heavy atom. The molecule has 0 bridgehead atoms. The van der Waals surface area contributed by atoms with E-state index in [1.165, 1.54) is 11.3 Å². The lowest BCUT2D eigenvalue weighted by Crippen LogP contribution is -2.32. The van der Waals surface area contributed by atoms with Crippen LogP contribution in [0.15, 0.2) is 28.2 Å². The van der Waals surface area contributed by atoms with Crippen LogP contribution in [0.5, 0.6) is 0 Å². The van der Waals surface area contributed by atoms with Gasteiger partial charge in [0, 0.05) is 11.4 Å². The van der Waals surface area contributed by atoms with Crippen molar-refractivity contribution in [1.82, 2.24) is 9.88 Å². The van der Waals surface area contributed by atoms with Crippen molar-refractivity contribution in [1.29, 1.82) is 0 Å². The predicted molar refractivity (Wildman–Crippen MR) is 76.3 cm³/mol. The van der Waals surface area contributed by atoms with E-state index in [1.807, 2.05) is 24.0 Å². The average molecular weight is 291 g/mol. The number of furan rings is 1. The lowest BCUT2D eigenvalue weighted by Gasteiger charge is -2.20. The minimum absolute atomic E-state index is 0.0351. The maximum absolute atomic E-state index is 12.6. The molecule has 6 heteroatoms.